The number of hydrogen-bond donors (Lipinski definition) is 2. The first-order chi connectivity index (χ1) is 10.5. The molecule has 0 saturated heterocycles. The van der Waals surface area contributed by atoms with Gasteiger partial charge in [0.15, 0.2) is 0 Å². The van der Waals surface area contributed by atoms with E-state index in [1.807, 2.05) is 24.3 Å². The van der Waals surface area contributed by atoms with E-state index in [1.165, 1.54) is 0 Å². The van der Waals surface area contributed by atoms with Gasteiger partial charge in [-0.15, -0.1) is 0 Å². The largest absolute Gasteiger partial charge is 0.399 e. The van der Waals surface area contributed by atoms with Crippen LogP contribution in [0.1, 0.15) is 24.2 Å². The van der Waals surface area contributed by atoms with Crippen LogP contribution in [0.3, 0.4) is 0 Å². The molecule has 0 fully saturated rings. The van der Waals surface area contributed by atoms with E-state index in [0.29, 0.717) is 11.3 Å². The highest BCUT2D eigenvalue weighted by Crippen LogP contribution is 2.28. The molecule has 0 atom stereocenters. The molecule has 0 unspecified atom stereocenters. The molecule has 3 N–H and O–H groups in total. The van der Waals surface area contributed by atoms with E-state index in [4.69, 9.17) is 5.73 Å². The zero-order valence-corrected chi connectivity index (χ0v) is 14.4. The zero-order valence-electron chi connectivity index (χ0n) is 12.8. The number of nitrogen functional groups attached to an aromatic ring is 1. The first-order valence-corrected chi connectivity index (χ1v) is 8.05. The smallest absolute Gasteiger partial charge is 0.255 e. The molecule has 2 rings (SSSR count). The number of hydrogen-bond acceptors (Lipinski definition) is 3. The molecule has 116 valence electrons. The molecule has 0 radical (unpaired) electrons. The lowest BCUT2D eigenvalue weighted by molar-refractivity contribution is 0.102. The molecule has 1 amide bonds. The highest BCUT2D eigenvalue weighted by molar-refractivity contribution is 9.10. The Kier molecular flexibility index (Phi) is 5.44. The fourth-order valence-electron chi connectivity index (χ4n) is 2.32. The zero-order chi connectivity index (χ0) is 16.1. The van der Waals surface area contributed by atoms with E-state index in [0.717, 1.165) is 28.9 Å². The lowest BCUT2D eigenvalue weighted by Gasteiger charge is -2.24. The number of nitrogens with two attached hydrogens (primary N) is 1. The number of halogens is 1. The summed E-state index contributed by atoms with van der Waals surface area (Å²) in [6.45, 7) is 5.89. The third-order valence-electron chi connectivity index (χ3n) is 3.46. The van der Waals surface area contributed by atoms with Crippen molar-refractivity contribution >= 4 is 38.9 Å². The van der Waals surface area contributed by atoms with Crippen LogP contribution in [0.5, 0.6) is 0 Å². The second-order valence-electron chi connectivity index (χ2n) is 4.91. The van der Waals surface area contributed by atoms with Crippen molar-refractivity contribution in [2.24, 2.45) is 0 Å². The summed E-state index contributed by atoms with van der Waals surface area (Å²) < 4.78 is 0.872. The average Bonchev–Trinajstić information content (AvgIpc) is 2.50. The van der Waals surface area contributed by atoms with Crippen LogP contribution < -0.4 is 16.0 Å². The fourth-order valence-corrected chi connectivity index (χ4v) is 2.72. The minimum atomic E-state index is -0.152. The molecule has 0 bridgehead atoms. The van der Waals surface area contributed by atoms with E-state index >= 15 is 0 Å². The van der Waals surface area contributed by atoms with E-state index < -0.39 is 0 Å². The van der Waals surface area contributed by atoms with Crippen LogP contribution in [0.15, 0.2) is 46.9 Å². The minimum Gasteiger partial charge on any atom is -0.399 e. The number of rotatable bonds is 5. The van der Waals surface area contributed by atoms with E-state index in [2.05, 4.69) is 40.0 Å². The summed E-state index contributed by atoms with van der Waals surface area (Å²) in [6, 6.07) is 12.9. The second-order valence-corrected chi connectivity index (χ2v) is 5.83. The number of carbonyl (C=O) groups excluding carboxylic acids is 1. The Balaban J connectivity index is 2.32. The summed E-state index contributed by atoms with van der Waals surface area (Å²) in [5.74, 6) is -0.152. The van der Waals surface area contributed by atoms with Crippen molar-refractivity contribution in [1.82, 2.24) is 0 Å². The Morgan fingerprint density at radius 1 is 1.18 bits per heavy atom. The first-order valence-electron chi connectivity index (χ1n) is 7.26. The molecule has 0 spiro atoms. The third kappa shape index (κ3) is 3.80. The molecule has 2 aromatic rings. The third-order valence-corrected chi connectivity index (χ3v) is 3.95. The quantitative estimate of drug-likeness (QED) is 0.787. The summed E-state index contributed by atoms with van der Waals surface area (Å²) in [5.41, 5.74) is 8.80. The van der Waals surface area contributed by atoms with Crippen LogP contribution in [-0.4, -0.2) is 19.0 Å². The summed E-state index contributed by atoms with van der Waals surface area (Å²) >= 11 is 3.38. The molecule has 2 aromatic carbocycles. The number of anilines is 3. The van der Waals surface area contributed by atoms with Crippen molar-refractivity contribution in [3.63, 3.8) is 0 Å². The van der Waals surface area contributed by atoms with Gasteiger partial charge in [0.25, 0.3) is 5.91 Å². The number of nitrogens with one attached hydrogen (secondary N) is 1. The molecular formula is C17H20BrN3O. The molecule has 4 nitrogen and oxygen atoms in total. The molecule has 0 aliphatic rings. The van der Waals surface area contributed by atoms with E-state index in [1.54, 1.807) is 18.2 Å². The highest BCUT2D eigenvalue weighted by atomic mass is 79.9. The van der Waals surface area contributed by atoms with Gasteiger partial charge < -0.3 is 16.0 Å². The van der Waals surface area contributed by atoms with E-state index in [9.17, 15) is 4.79 Å². The molecule has 0 heterocycles. The van der Waals surface area contributed by atoms with Crippen molar-refractivity contribution in [3.05, 3.63) is 52.5 Å². The monoisotopic (exact) mass is 361 g/mol. The Hall–Kier alpha value is -2.01. The maximum atomic E-state index is 12.4. The summed E-state index contributed by atoms with van der Waals surface area (Å²) in [7, 11) is 0. The summed E-state index contributed by atoms with van der Waals surface area (Å²) in [5, 5.41) is 2.96. The van der Waals surface area contributed by atoms with Crippen LogP contribution in [0.2, 0.25) is 0 Å². The highest BCUT2D eigenvalue weighted by Gasteiger charge is 2.13. The average molecular weight is 362 g/mol. The second kappa shape index (κ2) is 7.31. The Bertz CT molecular complexity index is 669. The predicted octanol–water partition coefficient (Wildman–Crippen LogP) is 4.13. The van der Waals surface area contributed by atoms with Gasteiger partial charge in [-0.1, -0.05) is 22.0 Å². The number of benzene rings is 2. The molecule has 0 aliphatic carbocycles. The lowest BCUT2D eigenvalue weighted by Crippen LogP contribution is -2.24. The Labute approximate surface area is 139 Å². The van der Waals surface area contributed by atoms with Gasteiger partial charge in [0.05, 0.1) is 11.4 Å². The fraction of sp³-hybridized carbons (Fsp3) is 0.235. The van der Waals surface area contributed by atoms with Crippen LogP contribution in [0, 0.1) is 0 Å². The SMILES string of the molecule is CCN(CC)c1ccc(N)cc1NC(=O)c1cccc(Br)c1. The van der Waals surface area contributed by atoms with Gasteiger partial charge in [0.2, 0.25) is 0 Å². The number of amides is 1. The minimum absolute atomic E-state index is 0.152. The van der Waals surface area contributed by atoms with Gasteiger partial charge in [-0.3, -0.25) is 4.79 Å². The first kappa shape index (κ1) is 16.4. The lowest BCUT2D eigenvalue weighted by atomic mass is 10.1. The van der Waals surface area contributed by atoms with Crippen molar-refractivity contribution in [2.45, 2.75) is 13.8 Å². The van der Waals surface area contributed by atoms with Gasteiger partial charge in [-0.25, -0.2) is 0 Å². The molecule has 22 heavy (non-hydrogen) atoms. The molecule has 0 aliphatic heterocycles. The van der Waals surface area contributed by atoms with Crippen LogP contribution in [0.25, 0.3) is 0 Å². The van der Waals surface area contributed by atoms with Gasteiger partial charge in [-0.05, 0) is 50.2 Å². The standard InChI is InChI=1S/C17H20BrN3O/c1-3-21(4-2)16-9-8-14(19)11-15(16)20-17(22)12-6-5-7-13(18)10-12/h5-11H,3-4,19H2,1-2H3,(H,20,22). The van der Waals surface area contributed by atoms with Gasteiger partial charge in [0, 0.05) is 28.8 Å². The van der Waals surface area contributed by atoms with Crippen molar-refractivity contribution in [3.8, 4) is 0 Å². The predicted molar refractivity (Wildman–Crippen MR) is 96.5 cm³/mol. The number of nitrogens with zero attached hydrogens (tertiary/aromatic N) is 1. The Morgan fingerprint density at radius 3 is 2.55 bits per heavy atom. The van der Waals surface area contributed by atoms with Gasteiger partial charge >= 0.3 is 0 Å². The normalized spacial score (nSPS) is 10.3. The van der Waals surface area contributed by atoms with Gasteiger partial charge in [-0.2, -0.15) is 0 Å². The molecule has 0 aromatic heterocycles. The van der Waals surface area contributed by atoms with Crippen LogP contribution in [-0.2, 0) is 0 Å². The molecule has 0 saturated carbocycles. The molecule has 5 heteroatoms. The maximum absolute atomic E-state index is 12.4. The summed E-state index contributed by atoms with van der Waals surface area (Å²) in [4.78, 5) is 14.6. The van der Waals surface area contributed by atoms with Crippen molar-refractivity contribution in [1.29, 1.82) is 0 Å². The van der Waals surface area contributed by atoms with Crippen molar-refractivity contribution in [2.75, 3.05) is 29.0 Å². The van der Waals surface area contributed by atoms with Crippen LogP contribution >= 0.6 is 15.9 Å². The van der Waals surface area contributed by atoms with Crippen molar-refractivity contribution < 1.29 is 4.79 Å². The van der Waals surface area contributed by atoms with E-state index in [-0.39, 0.29) is 5.91 Å². The molecular weight excluding hydrogens is 342 g/mol. The maximum Gasteiger partial charge on any atom is 0.255 e. The van der Waals surface area contributed by atoms with Gasteiger partial charge in [0.1, 0.15) is 0 Å². The summed E-state index contributed by atoms with van der Waals surface area (Å²) in [6.07, 6.45) is 0. The Morgan fingerprint density at radius 2 is 1.91 bits per heavy atom. The van der Waals surface area contributed by atoms with Crippen LogP contribution in [0.4, 0.5) is 17.1 Å². The number of carbonyl (C=O) groups is 1. The topological polar surface area (TPSA) is 58.4 Å².